The molecule has 0 aliphatic carbocycles. The van der Waals surface area contributed by atoms with Gasteiger partial charge in [-0.25, -0.2) is 0 Å². The van der Waals surface area contributed by atoms with Crippen molar-refractivity contribution in [2.45, 2.75) is 0 Å². The highest BCUT2D eigenvalue weighted by Crippen LogP contribution is 2.26. The van der Waals surface area contributed by atoms with Gasteiger partial charge in [-0.1, -0.05) is 42.5 Å². The second-order valence-electron chi connectivity index (χ2n) is 4.47. The normalized spacial score (nSPS) is 11.5. The Morgan fingerprint density at radius 3 is 2.70 bits per heavy atom. The van der Waals surface area contributed by atoms with E-state index in [0.717, 1.165) is 26.5 Å². The molecule has 0 bridgehead atoms. The summed E-state index contributed by atoms with van der Waals surface area (Å²) in [7, 11) is 0. The number of aromatic amines is 1. The Morgan fingerprint density at radius 2 is 1.95 bits per heavy atom. The van der Waals surface area contributed by atoms with Crippen LogP contribution in [0.25, 0.3) is 22.4 Å². The maximum atomic E-state index is 9.46. The monoisotopic (exact) mass is 322 g/mol. The average molecular weight is 323 g/mol. The summed E-state index contributed by atoms with van der Waals surface area (Å²) in [6, 6.07) is 18.3. The Hall–Kier alpha value is -2.31. The van der Waals surface area contributed by atoms with Gasteiger partial charge in [-0.3, -0.25) is 0 Å². The van der Waals surface area contributed by atoms with Crippen LogP contribution in [0.5, 0.6) is 0 Å². The summed E-state index contributed by atoms with van der Waals surface area (Å²) in [5.41, 5.74) is 2.51. The number of fused-ring (bicyclic) bond motifs is 1. The molecule has 3 heteroatoms. The van der Waals surface area contributed by atoms with E-state index in [1.807, 2.05) is 48.7 Å². The highest BCUT2D eigenvalue weighted by Gasteiger charge is 2.06. The van der Waals surface area contributed by atoms with Gasteiger partial charge in [0.05, 0.1) is 11.6 Å². The summed E-state index contributed by atoms with van der Waals surface area (Å²) >= 11 is 3.40. The summed E-state index contributed by atoms with van der Waals surface area (Å²) in [6.45, 7) is 0. The lowest BCUT2D eigenvalue weighted by Crippen LogP contribution is -1.85. The minimum absolute atomic E-state index is 0.649. The number of rotatable bonds is 2. The predicted molar refractivity (Wildman–Crippen MR) is 85.9 cm³/mol. The maximum absolute atomic E-state index is 9.46. The molecule has 96 valence electrons. The number of allylic oxidation sites excluding steroid dienone is 1. The second-order valence-corrected chi connectivity index (χ2v) is 5.39. The second kappa shape index (κ2) is 5.36. The van der Waals surface area contributed by atoms with Gasteiger partial charge in [0.25, 0.3) is 0 Å². The largest absolute Gasteiger partial charge is 0.361 e. The van der Waals surface area contributed by atoms with Gasteiger partial charge in [-0.2, -0.15) is 5.26 Å². The van der Waals surface area contributed by atoms with Crippen molar-refractivity contribution >= 4 is 38.4 Å². The van der Waals surface area contributed by atoms with Crippen LogP contribution in [0.4, 0.5) is 0 Å². The van der Waals surface area contributed by atoms with Gasteiger partial charge in [0, 0.05) is 21.9 Å². The molecule has 1 heterocycles. The van der Waals surface area contributed by atoms with E-state index < -0.39 is 0 Å². The van der Waals surface area contributed by atoms with Crippen molar-refractivity contribution in [1.82, 2.24) is 4.98 Å². The molecule has 0 saturated heterocycles. The van der Waals surface area contributed by atoms with Crippen molar-refractivity contribution in [3.63, 3.8) is 0 Å². The molecule has 0 radical (unpaired) electrons. The highest BCUT2D eigenvalue weighted by atomic mass is 79.9. The Kier molecular flexibility index (Phi) is 3.41. The molecule has 0 amide bonds. The van der Waals surface area contributed by atoms with Crippen molar-refractivity contribution in [3.8, 4) is 6.07 Å². The molecule has 0 saturated carbocycles. The molecule has 0 aliphatic rings. The van der Waals surface area contributed by atoms with Crippen LogP contribution in [0.1, 0.15) is 11.3 Å². The minimum atomic E-state index is 0.649. The molecule has 1 N–H and O–H groups in total. The van der Waals surface area contributed by atoms with Gasteiger partial charge in [0.15, 0.2) is 0 Å². The Morgan fingerprint density at radius 1 is 1.15 bits per heavy atom. The number of nitrogens with one attached hydrogen (secondary N) is 1. The van der Waals surface area contributed by atoms with Gasteiger partial charge in [-0.15, -0.1) is 0 Å². The Labute approximate surface area is 125 Å². The van der Waals surface area contributed by atoms with Gasteiger partial charge in [-0.05, 0) is 38.8 Å². The third-order valence-corrected chi connectivity index (χ3v) is 3.63. The lowest BCUT2D eigenvalue weighted by molar-refractivity contribution is 1.37. The third-order valence-electron chi connectivity index (χ3n) is 3.17. The lowest BCUT2D eigenvalue weighted by atomic mass is 9.98. The van der Waals surface area contributed by atoms with Crippen LogP contribution in [0, 0.1) is 11.3 Å². The topological polar surface area (TPSA) is 39.6 Å². The third kappa shape index (κ3) is 2.38. The van der Waals surface area contributed by atoms with E-state index in [9.17, 15) is 5.26 Å². The molecule has 0 spiro atoms. The molecule has 2 nitrogen and oxygen atoms in total. The van der Waals surface area contributed by atoms with Crippen molar-refractivity contribution in [2.75, 3.05) is 0 Å². The van der Waals surface area contributed by atoms with Crippen LogP contribution in [0.2, 0.25) is 0 Å². The quantitative estimate of drug-likeness (QED) is 0.663. The van der Waals surface area contributed by atoms with E-state index in [0.29, 0.717) is 5.57 Å². The molecule has 0 atom stereocenters. The average Bonchev–Trinajstić information content (AvgIpc) is 2.89. The van der Waals surface area contributed by atoms with Crippen molar-refractivity contribution in [3.05, 3.63) is 70.5 Å². The first kappa shape index (κ1) is 12.7. The molecular formula is C17H11BrN2. The summed E-state index contributed by atoms with van der Waals surface area (Å²) in [6.07, 6.45) is 3.72. The fraction of sp³-hybridized carbons (Fsp3) is 0. The van der Waals surface area contributed by atoms with Crippen LogP contribution in [0.3, 0.4) is 0 Å². The number of aromatic nitrogens is 1. The van der Waals surface area contributed by atoms with E-state index in [-0.39, 0.29) is 0 Å². The zero-order chi connectivity index (χ0) is 13.9. The zero-order valence-electron chi connectivity index (χ0n) is 10.6. The number of nitriles is 1. The molecule has 1 aromatic heterocycles. The highest BCUT2D eigenvalue weighted by molar-refractivity contribution is 9.10. The summed E-state index contributed by atoms with van der Waals surface area (Å²) in [5.74, 6) is 0. The fourth-order valence-electron chi connectivity index (χ4n) is 2.25. The number of H-pyrrole nitrogens is 1. The summed E-state index contributed by atoms with van der Waals surface area (Å²) in [5, 5.41) is 11.7. The van der Waals surface area contributed by atoms with E-state index in [2.05, 4.69) is 39.1 Å². The van der Waals surface area contributed by atoms with Gasteiger partial charge in [0.2, 0.25) is 0 Å². The zero-order valence-corrected chi connectivity index (χ0v) is 12.2. The number of benzene rings is 2. The summed E-state index contributed by atoms with van der Waals surface area (Å²) in [4.78, 5) is 3.11. The van der Waals surface area contributed by atoms with E-state index in [4.69, 9.17) is 0 Å². The predicted octanol–water partition coefficient (Wildman–Crippen LogP) is 4.99. The Bertz CT molecular complexity index is 832. The SMILES string of the molecule is N#CC(=Cc1cc(Br)c[nH]1)c1cccc2ccccc12. The molecule has 0 unspecified atom stereocenters. The molecule has 3 aromatic rings. The molecule has 3 rings (SSSR count). The van der Waals surface area contributed by atoms with Crippen LogP contribution in [-0.4, -0.2) is 4.98 Å². The van der Waals surface area contributed by atoms with Gasteiger partial charge >= 0.3 is 0 Å². The van der Waals surface area contributed by atoms with E-state index in [1.54, 1.807) is 0 Å². The van der Waals surface area contributed by atoms with E-state index in [1.165, 1.54) is 0 Å². The first-order valence-electron chi connectivity index (χ1n) is 6.22. The summed E-state index contributed by atoms with van der Waals surface area (Å²) < 4.78 is 0.971. The van der Waals surface area contributed by atoms with Crippen molar-refractivity contribution < 1.29 is 0 Å². The first-order chi connectivity index (χ1) is 9.78. The van der Waals surface area contributed by atoms with Crippen LogP contribution >= 0.6 is 15.9 Å². The van der Waals surface area contributed by atoms with Gasteiger partial charge in [0.1, 0.15) is 0 Å². The molecule has 0 fully saturated rings. The number of hydrogen-bond acceptors (Lipinski definition) is 1. The van der Waals surface area contributed by atoms with Crippen LogP contribution < -0.4 is 0 Å². The maximum Gasteiger partial charge on any atom is 0.0998 e. The Balaban J connectivity index is 2.18. The smallest absolute Gasteiger partial charge is 0.0998 e. The molecular weight excluding hydrogens is 312 g/mol. The van der Waals surface area contributed by atoms with Gasteiger partial charge < -0.3 is 4.98 Å². The molecule has 2 aromatic carbocycles. The van der Waals surface area contributed by atoms with Crippen molar-refractivity contribution in [2.24, 2.45) is 0 Å². The lowest BCUT2D eigenvalue weighted by Gasteiger charge is -2.05. The van der Waals surface area contributed by atoms with Crippen LogP contribution in [0.15, 0.2) is 59.2 Å². The number of hydrogen-bond donors (Lipinski definition) is 1. The molecule has 20 heavy (non-hydrogen) atoms. The first-order valence-corrected chi connectivity index (χ1v) is 7.01. The number of halogens is 1. The van der Waals surface area contributed by atoms with Crippen LogP contribution in [-0.2, 0) is 0 Å². The standard InChI is InChI=1S/C17H11BrN2/c18-14-9-15(20-11-14)8-13(10-19)17-7-3-5-12-4-1-2-6-16(12)17/h1-9,11,20H. The number of nitrogens with zero attached hydrogens (tertiary/aromatic N) is 1. The molecule has 0 aliphatic heterocycles. The minimum Gasteiger partial charge on any atom is -0.361 e. The van der Waals surface area contributed by atoms with E-state index >= 15 is 0 Å². The fourth-order valence-corrected chi connectivity index (χ4v) is 2.61. The van der Waals surface area contributed by atoms with Crippen molar-refractivity contribution in [1.29, 1.82) is 5.26 Å².